The van der Waals surface area contributed by atoms with Gasteiger partial charge in [0.25, 0.3) is 5.56 Å². The van der Waals surface area contributed by atoms with Crippen molar-refractivity contribution in [3.8, 4) is 5.69 Å². The van der Waals surface area contributed by atoms with Crippen molar-refractivity contribution in [3.63, 3.8) is 0 Å². The summed E-state index contributed by atoms with van der Waals surface area (Å²) in [5.41, 5.74) is 5.16. The minimum Gasteiger partial charge on any atom is -0.333 e. The zero-order valence-electron chi connectivity index (χ0n) is 22.5. The molecule has 1 amide bonds. The molecule has 40 heavy (non-hydrogen) atoms. The lowest BCUT2D eigenvalue weighted by Crippen LogP contribution is -2.32. The molecule has 0 unspecified atom stereocenters. The second-order valence-electron chi connectivity index (χ2n) is 10.3. The van der Waals surface area contributed by atoms with E-state index in [0.717, 1.165) is 58.3 Å². The van der Waals surface area contributed by atoms with Gasteiger partial charge in [0, 0.05) is 18.0 Å². The molecule has 5 aromatic rings. The number of rotatable bonds is 8. The molecule has 0 atom stereocenters. The number of aryl methyl sites for hydroxylation is 3. The molecule has 202 valence electrons. The lowest BCUT2D eigenvalue weighted by Gasteiger charge is -2.23. The van der Waals surface area contributed by atoms with E-state index in [1.165, 1.54) is 22.2 Å². The predicted molar refractivity (Wildman–Crippen MR) is 164 cm³/mol. The van der Waals surface area contributed by atoms with E-state index >= 15 is 0 Å². The first-order valence-corrected chi connectivity index (χ1v) is 15.5. The second kappa shape index (κ2) is 11.8. The zero-order valence-corrected chi connectivity index (χ0v) is 24.1. The van der Waals surface area contributed by atoms with Gasteiger partial charge in [0.15, 0.2) is 5.16 Å². The first kappa shape index (κ1) is 26.5. The second-order valence-corrected chi connectivity index (χ2v) is 12.3. The highest BCUT2D eigenvalue weighted by Gasteiger charge is 2.24. The molecule has 0 fully saturated rings. The summed E-state index contributed by atoms with van der Waals surface area (Å²) in [5.74, 6) is 0.197. The monoisotopic (exact) mass is 565 g/mol. The van der Waals surface area contributed by atoms with Crippen molar-refractivity contribution in [1.29, 1.82) is 0 Å². The number of fused-ring (bicyclic) bond motifs is 3. The van der Waals surface area contributed by atoms with Gasteiger partial charge in [-0.05, 0) is 67.0 Å². The maximum Gasteiger partial charge on any atom is 0.267 e. The Morgan fingerprint density at radius 2 is 1.60 bits per heavy atom. The van der Waals surface area contributed by atoms with Crippen molar-refractivity contribution in [2.24, 2.45) is 0 Å². The van der Waals surface area contributed by atoms with E-state index in [1.807, 2.05) is 96.8 Å². The Balaban J connectivity index is 1.35. The van der Waals surface area contributed by atoms with Gasteiger partial charge in [0.2, 0.25) is 5.91 Å². The van der Waals surface area contributed by atoms with Crippen molar-refractivity contribution in [1.82, 2.24) is 14.5 Å². The van der Waals surface area contributed by atoms with E-state index in [-0.39, 0.29) is 17.2 Å². The summed E-state index contributed by atoms with van der Waals surface area (Å²) >= 11 is 2.99. The van der Waals surface area contributed by atoms with Crippen molar-refractivity contribution >= 4 is 39.2 Å². The lowest BCUT2D eigenvalue weighted by atomic mass is 9.97. The largest absolute Gasteiger partial charge is 0.333 e. The summed E-state index contributed by atoms with van der Waals surface area (Å²) in [4.78, 5) is 36.8. The number of benzene rings is 3. The third kappa shape index (κ3) is 5.62. The minimum absolute atomic E-state index is 0.00770. The molecule has 1 aliphatic carbocycles. The highest BCUT2D eigenvalue weighted by Crippen LogP contribution is 2.35. The molecule has 1 aliphatic rings. The molecule has 2 aromatic heterocycles. The fourth-order valence-corrected chi connectivity index (χ4v) is 7.55. The smallest absolute Gasteiger partial charge is 0.267 e. The summed E-state index contributed by atoms with van der Waals surface area (Å²) in [6.45, 7) is 3.06. The molecule has 0 bridgehead atoms. The number of hydrogen-bond acceptors (Lipinski definition) is 5. The Kier molecular flexibility index (Phi) is 7.84. The van der Waals surface area contributed by atoms with Crippen molar-refractivity contribution < 1.29 is 4.79 Å². The van der Waals surface area contributed by atoms with Crippen LogP contribution in [0.15, 0.2) is 94.9 Å². The van der Waals surface area contributed by atoms with E-state index in [9.17, 15) is 9.59 Å². The Bertz CT molecular complexity index is 1670. The summed E-state index contributed by atoms with van der Waals surface area (Å²) in [5, 5.41) is 1.32. The molecule has 5 nitrogen and oxygen atoms in total. The Morgan fingerprint density at radius 3 is 2.27 bits per heavy atom. The average Bonchev–Trinajstić information content (AvgIpc) is 3.35. The number of thioether (sulfide) groups is 1. The van der Waals surface area contributed by atoms with Crippen LogP contribution in [-0.4, -0.2) is 26.1 Å². The van der Waals surface area contributed by atoms with Crippen LogP contribution in [0.25, 0.3) is 15.9 Å². The Morgan fingerprint density at radius 1 is 0.925 bits per heavy atom. The van der Waals surface area contributed by atoms with Crippen LogP contribution in [0.2, 0.25) is 0 Å². The van der Waals surface area contributed by atoms with E-state index in [2.05, 4.69) is 0 Å². The fourth-order valence-electron chi connectivity index (χ4n) is 5.34. The number of carbonyl (C=O) groups excluding carboxylic acids is 1. The highest BCUT2D eigenvalue weighted by atomic mass is 32.2. The number of amides is 1. The average molecular weight is 566 g/mol. The maximum atomic E-state index is 14.1. The van der Waals surface area contributed by atoms with Gasteiger partial charge in [0.05, 0.1) is 16.8 Å². The number of carbonyl (C=O) groups is 1. The molecule has 2 heterocycles. The molecule has 0 aliphatic heterocycles. The van der Waals surface area contributed by atoms with Crippen LogP contribution < -0.4 is 5.56 Å². The summed E-state index contributed by atoms with van der Waals surface area (Å²) < 4.78 is 1.72. The van der Waals surface area contributed by atoms with Gasteiger partial charge in [-0.2, -0.15) is 0 Å². The van der Waals surface area contributed by atoms with E-state index in [0.29, 0.717) is 18.2 Å². The van der Waals surface area contributed by atoms with Gasteiger partial charge in [0.1, 0.15) is 4.83 Å². The quantitative estimate of drug-likeness (QED) is 0.151. The minimum atomic E-state index is -0.0321. The molecule has 0 saturated heterocycles. The van der Waals surface area contributed by atoms with E-state index in [4.69, 9.17) is 4.98 Å². The van der Waals surface area contributed by atoms with Gasteiger partial charge < -0.3 is 4.90 Å². The topological polar surface area (TPSA) is 55.2 Å². The standard InChI is InChI=1S/C33H31N3O2S2/c1-23-11-10-16-26(19-23)36-32(38)30-27-17-8-9-18-28(27)40-31(30)34-33(36)39-22-29(37)35(20-24-12-4-2-5-13-24)21-25-14-6-3-7-15-25/h2-7,10-16,19H,8-9,17-18,20-22H2,1H3. The van der Waals surface area contributed by atoms with E-state index in [1.54, 1.807) is 15.9 Å². The van der Waals surface area contributed by atoms with Crippen LogP contribution in [0.4, 0.5) is 0 Å². The summed E-state index contributed by atoms with van der Waals surface area (Å²) in [6, 6.07) is 28.1. The first-order chi connectivity index (χ1) is 19.6. The van der Waals surface area contributed by atoms with Crippen LogP contribution in [-0.2, 0) is 30.7 Å². The number of hydrogen-bond donors (Lipinski definition) is 0. The molecule has 0 N–H and O–H groups in total. The third-order valence-corrected chi connectivity index (χ3v) is 9.44. The molecular formula is C33H31N3O2S2. The van der Waals surface area contributed by atoms with Crippen LogP contribution in [0.1, 0.15) is 40.0 Å². The molecule has 0 spiro atoms. The maximum absolute atomic E-state index is 14.1. The SMILES string of the molecule is Cc1cccc(-n2c(SCC(=O)N(Cc3ccccc3)Cc3ccccc3)nc3sc4c(c3c2=O)CCCC4)c1. The van der Waals surface area contributed by atoms with Gasteiger partial charge in [-0.15, -0.1) is 11.3 Å². The molecule has 6 rings (SSSR count). The summed E-state index contributed by atoms with van der Waals surface area (Å²) in [7, 11) is 0. The van der Waals surface area contributed by atoms with Crippen LogP contribution in [0.5, 0.6) is 0 Å². The van der Waals surface area contributed by atoms with Crippen molar-refractivity contribution in [3.05, 3.63) is 122 Å². The van der Waals surface area contributed by atoms with Crippen molar-refractivity contribution in [2.75, 3.05) is 5.75 Å². The number of nitrogens with zero attached hydrogens (tertiary/aromatic N) is 3. The Hall–Kier alpha value is -3.68. The first-order valence-electron chi connectivity index (χ1n) is 13.7. The van der Waals surface area contributed by atoms with Gasteiger partial charge >= 0.3 is 0 Å². The molecular weight excluding hydrogens is 535 g/mol. The lowest BCUT2D eigenvalue weighted by molar-refractivity contribution is -0.129. The number of thiophene rings is 1. The van der Waals surface area contributed by atoms with Gasteiger partial charge in [-0.25, -0.2) is 4.98 Å². The Labute approximate surface area is 242 Å². The van der Waals surface area contributed by atoms with Gasteiger partial charge in [-0.3, -0.25) is 14.2 Å². The summed E-state index contributed by atoms with van der Waals surface area (Å²) in [6.07, 6.45) is 4.20. The molecule has 0 radical (unpaired) electrons. The van der Waals surface area contributed by atoms with E-state index < -0.39 is 0 Å². The number of aromatic nitrogens is 2. The van der Waals surface area contributed by atoms with Crippen LogP contribution in [0.3, 0.4) is 0 Å². The normalized spacial score (nSPS) is 12.8. The highest BCUT2D eigenvalue weighted by molar-refractivity contribution is 7.99. The van der Waals surface area contributed by atoms with Crippen molar-refractivity contribution in [2.45, 2.75) is 50.9 Å². The van der Waals surface area contributed by atoms with Gasteiger partial charge in [-0.1, -0.05) is 84.6 Å². The fraction of sp³-hybridized carbons (Fsp3) is 0.242. The third-order valence-electron chi connectivity index (χ3n) is 7.33. The van der Waals surface area contributed by atoms with Crippen LogP contribution in [0, 0.1) is 6.92 Å². The molecule has 3 aromatic carbocycles. The predicted octanol–water partition coefficient (Wildman–Crippen LogP) is 6.96. The van der Waals surface area contributed by atoms with Crippen LogP contribution >= 0.6 is 23.1 Å². The molecule has 7 heteroatoms. The molecule has 0 saturated carbocycles. The zero-order chi connectivity index (χ0) is 27.5.